The fourth-order valence-corrected chi connectivity index (χ4v) is 4.14. The van der Waals surface area contributed by atoms with Crippen molar-refractivity contribution in [2.24, 2.45) is 7.05 Å². The van der Waals surface area contributed by atoms with Crippen LogP contribution in [0, 0.1) is 0 Å². The van der Waals surface area contributed by atoms with Crippen molar-refractivity contribution in [1.29, 1.82) is 0 Å². The molecule has 9 heteroatoms. The maximum Gasteiger partial charge on any atom is 0.322 e. The molecule has 2 aromatic rings. The number of nitrogens with zero attached hydrogens (tertiary/aromatic N) is 4. The molecule has 0 bridgehead atoms. The molecule has 0 aliphatic carbocycles. The number of hydrogen-bond acceptors (Lipinski definition) is 5. The van der Waals surface area contributed by atoms with Gasteiger partial charge in [-0.25, -0.2) is 4.79 Å². The summed E-state index contributed by atoms with van der Waals surface area (Å²) in [5.74, 6) is 0.823. The van der Waals surface area contributed by atoms with Gasteiger partial charge in [-0.05, 0) is 12.1 Å². The van der Waals surface area contributed by atoms with E-state index in [1.807, 2.05) is 34.8 Å². The molecule has 2 aliphatic rings. The van der Waals surface area contributed by atoms with Gasteiger partial charge in [-0.1, -0.05) is 6.07 Å². The molecule has 0 atom stereocenters. The second kappa shape index (κ2) is 9.38. The minimum absolute atomic E-state index is 0.131. The van der Waals surface area contributed by atoms with Crippen LogP contribution in [-0.2, 0) is 36.0 Å². The molecule has 4 rings (SSSR count). The zero-order valence-corrected chi connectivity index (χ0v) is 18.1. The molecule has 0 spiro atoms. The lowest BCUT2D eigenvalue weighted by Gasteiger charge is -2.28. The minimum atomic E-state index is -0.155. The average Bonchev–Trinajstić information content (AvgIpc) is 3.13. The Morgan fingerprint density at radius 1 is 1.19 bits per heavy atom. The molecule has 1 saturated heterocycles. The van der Waals surface area contributed by atoms with E-state index in [1.54, 1.807) is 18.1 Å². The van der Waals surface area contributed by atoms with Crippen molar-refractivity contribution in [2.45, 2.75) is 25.8 Å². The fourth-order valence-electron chi connectivity index (χ4n) is 4.14. The fraction of sp³-hybridized carbons (Fsp3) is 0.500. The predicted molar refractivity (Wildman–Crippen MR) is 115 cm³/mol. The van der Waals surface area contributed by atoms with Crippen LogP contribution in [0.3, 0.4) is 0 Å². The van der Waals surface area contributed by atoms with E-state index in [0.717, 1.165) is 23.4 Å². The third kappa shape index (κ3) is 4.82. The molecule has 0 radical (unpaired) electrons. The second-order valence-corrected chi connectivity index (χ2v) is 7.82. The summed E-state index contributed by atoms with van der Waals surface area (Å²) in [5, 5.41) is 7.60. The Kier molecular flexibility index (Phi) is 6.41. The summed E-state index contributed by atoms with van der Waals surface area (Å²) in [7, 11) is 3.53. The quantitative estimate of drug-likeness (QED) is 0.786. The number of anilines is 1. The van der Waals surface area contributed by atoms with Gasteiger partial charge in [0.15, 0.2) is 0 Å². The first-order valence-electron chi connectivity index (χ1n) is 10.6. The molecule has 1 N–H and O–H groups in total. The molecular weight excluding hydrogens is 398 g/mol. The molecular formula is C22H29N5O4. The number of rotatable bonds is 5. The summed E-state index contributed by atoms with van der Waals surface area (Å²) >= 11 is 0. The number of ether oxygens (including phenoxy) is 2. The van der Waals surface area contributed by atoms with Gasteiger partial charge in [0.05, 0.1) is 32.6 Å². The maximum atomic E-state index is 12.8. The number of methoxy groups -OCH3 is 1. The molecule has 9 nitrogen and oxygen atoms in total. The number of morpholine rings is 1. The van der Waals surface area contributed by atoms with Crippen molar-refractivity contribution in [2.75, 3.05) is 45.3 Å². The van der Waals surface area contributed by atoms with Crippen LogP contribution >= 0.6 is 0 Å². The average molecular weight is 428 g/mol. The standard InChI is InChI=1S/C22H29N5O4/c1-25-20-8-9-27(22(29)23-16-4-3-5-17(14-16)30-2)15-18(20)19(24-25)6-7-21(28)26-10-12-31-13-11-26/h3-5,14H,6-13,15H2,1-2H3,(H,23,29). The van der Waals surface area contributed by atoms with Gasteiger partial charge >= 0.3 is 6.03 Å². The van der Waals surface area contributed by atoms with Crippen LogP contribution < -0.4 is 10.1 Å². The van der Waals surface area contributed by atoms with Gasteiger partial charge < -0.3 is 24.6 Å². The van der Waals surface area contributed by atoms with Crippen molar-refractivity contribution in [3.63, 3.8) is 0 Å². The van der Waals surface area contributed by atoms with Gasteiger partial charge in [0.25, 0.3) is 0 Å². The Bertz CT molecular complexity index is 951. The van der Waals surface area contributed by atoms with Crippen molar-refractivity contribution in [3.05, 3.63) is 41.2 Å². The molecule has 1 aromatic heterocycles. The smallest absolute Gasteiger partial charge is 0.322 e. The van der Waals surface area contributed by atoms with Gasteiger partial charge in [0.1, 0.15) is 5.75 Å². The normalized spacial score (nSPS) is 16.1. The van der Waals surface area contributed by atoms with E-state index in [9.17, 15) is 9.59 Å². The van der Waals surface area contributed by atoms with Crippen molar-refractivity contribution in [1.82, 2.24) is 19.6 Å². The van der Waals surface area contributed by atoms with Crippen molar-refractivity contribution >= 4 is 17.6 Å². The van der Waals surface area contributed by atoms with Crippen LogP contribution in [0.4, 0.5) is 10.5 Å². The first-order valence-corrected chi connectivity index (χ1v) is 10.6. The number of fused-ring (bicyclic) bond motifs is 1. The number of aryl methyl sites for hydroxylation is 2. The van der Waals surface area contributed by atoms with Crippen LogP contribution in [0.1, 0.15) is 23.4 Å². The summed E-state index contributed by atoms with van der Waals surface area (Å²) in [5.41, 5.74) is 3.79. The number of benzene rings is 1. The third-order valence-corrected chi connectivity index (χ3v) is 5.87. The number of nitrogens with one attached hydrogen (secondary N) is 1. The summed E-state index contributed by atoms with van der Waals surface area (Å²) in [6.45, 7) is 3.60. The lowest BCUT2D eigenvalue weighted by Crippen LogP contribution is -2.41. The maximum absolute atomic E-state index is 12.8. The van der Waals surface area contributed by atoms with Crippen molar-refractivity contribution < 1.29 is 19.1 Å². The van der Waals surface area contributed by atoms with Gasteiger partial charge in [-0.2, -0.15) is 5.10 Å². The molecule has 2 aliphatic heterocycles. The summed E-state index contributed by atoms with van der Waals surface area (Å²) in [4.78, 5) is 29.0. The van der Waals surface area contributed by atoms with Gasteiger partial charge in [0, 0.05) is 69.0 Å². The van der Waals surface area contributed by atoms with E-state index in [-0.39, 0.29) is 11.9 Å². The largest absolute Gasteiger partial charge is 0.497 e. The van der Waals surface area contributed by atoms with E-state index in [1.165, 1.54) is 0 Å². The Balaban J connectivity index is 1.40. The van der Waals surface area contributed by atoms with Crippen LogP contribution in [0.15, 0.2) is 24.3 Å². The summed E-state index contributed by atoms with van der Waals surface area (Å²) in [6, 6.07) is 7.15. The highest BCUT2D eigenvalue weighted by Crippen LogP contribution is 2.24. The van der Waals surface area contributed by atoms with Gasteiger partial charge in [-0.3, -0.25) is 9.48 Å². The Labute approximate surface area is 181 Å². The van der Waals surface area contributed by atoms with Crippen LogP contribution in [0.25, 0.3) is 0 Å². The number of urea groups is 1. The molecule has 31 heavy (non-hydrogen) atoms. The molecule has 1 fully saturated rings. The predicted octanol–water partition coefficient (Wildman–Crippen LogP) is 1.81. The molecule has 3 heterocycles. The number of aromatic nitrogens is 2. The molecule has 0 unspecified atom stereocenters. The highest BCUT2D eigenvalue weighted by molar-refractivity contribution is 5.89. The highest BCUT2D eigenvalue weighted by atomic mass is 16.5. The lowest BCUT2D eigenvalue weighted by molar-refractivity contribution is -0.135. The Hall–Kier alpha value is -3.07. The molecule has 0 saturated carbocycles. The molecule has 3 amide bonds. The molecule has 1 aromatic carbocycles. The zero-order valence-electron chi connectivity index (χ0n) is 18.1. The van der Waals surface area contributed by atoms with Gasteiger partial charge in [-0.15, -0.1) is 0 Å². The lowest BCUT2D eigenvalue weighted by atomic mass is 10.0. The topological polar surface area (TPSA) is 88.9 Å². The van der Waals surface area contributed by atoms with E-state index >= 15 is 0 Å². The van der Waals surface area contributed by atoms with Crippen molar-refractivity contribution in [3.8, 4) is 5.75 Å². The molecule has 166 valence electrons. The number of carbonyl (C=O) groups is 2. The van der Waals surface area contributed by atoms with Crippen LogP contribution in [0.5, 0.6) is 5.75 Å². The van der Waals surface area contributed by atoms with E-state index < -0.39 is 0 Å². The Morgan fingerprint density at radius 2 is 2.00 bits per heavy atom. The number of amides is 3. The minimum Gasteiger partial charge on any atom is -0.497 e. The monoisotopic (exact) mass is 427 g/mol. The summed E-state index contributed by atoms with van der Waals surface area (Å²) < 4.78 is 12.4. The second-order valence-electron chi connectivity index (χ2n) is 7.82. The SMILES string of the molecule is COc1cccc(NC(=O)N2CCc3c(c(CCC(=O)N4CCOCC4)nn3C)C2)c1. The zero-order chi connectivity index (χ0) is 21.8. The van der Waals surface area contributed by atoms with Crippen LogP contribution in [0.2, 0.25) is 0 Å². The Morgan fingerprint density at radius 3 is 2.77 bits per heavy atom. The van der Waals surface area contributed by atoms with E-state index in [4.69, 9.17) is 9.47 Å². The van der Waals surface area contributed by atoms with E-state index in [0.29, 0.717) is 63.7 Å². The number of hydrogen-bond donors (Lipinski definition) is 1. The first-order chi connectivity index (χ1) is 15.0. The van der Waals surface area contributed by atoms with Crippen LogP contribution in [-0.4, -0.2) is 71.5 Å². The highest BCUT2D eigenvalue weighted by Gasteiger charge is 2.27. The first kappa shape index (κ1) is 21.2. The number of carbonyl (C=O) groups excluding carboxylic acids is 2. The van der Waals surface area contributed by atoms with E-state index in [2.05, 4.69) is 10.4 Å². The summed E-state index contributed by atoms with van der Waals surface area (Å²) in [6.07, 6.45) is 1.73. The third-order valence-electron chi connectivity index (χ3n) is 5.87. The van der Waals surface area contributed by atoms with Gasteiger partial charge in [0.2, 0.25) is 5.91 Å².